The Bertz CT molecular complexity index is 728. The predicted octanol–water partition coefficient (Wildman–Crippen LogP) is 3.08. The average molecular weight is 361 g/mol. The van der Waals surface area contributed by atoms with Crippen molar-refractivity contribution < 1.29 is 18.3 Å². The summed E-state index contributed by atoms with van der Waals surface area (Å²) < 4.78 is 29.0. The van der Waals surface area contributed by atoms with E-state index in [-0.39, 0.29) is 17.7 Å². The molecule has 138 valence electrons. The molecule has 1 atom stereocenters. The van der Waals surface area contributed by atoms with Gasteiger partial charge in [-0.25, -0.2) is 0 Å². The van der Waals surface area contributed by atoms with Crippen LogP contribution in [-0.4, -0.2) is 41.5 Å². The highest BCUT2D eigenvalue weighted by Gasteiger charge is 2.22. The number of pyridine rings is 1. The molecule has 5 nitrogen and oxygen atoms in total. The Morgan fingerprint density at radius 1 is 1.35 bits per heavy atom. The molecule has 1 aliphatic rings. The maximum atomic E-state index is 12.4. The number of hydrogen-bond acceptors (Lipinski definition) is 4. The lowest BCUT2D eigenvalue weighted by molar-refractivity contribution is -0.0498. The quantitative estimate of drug-likeness (QED) is 0.859. The largest absolute Gasteiger partial charge is 0.435 e. The van der Waals surface area contributed by atoms with Crippen LogP contribution in [0.4, 0.5) is 8.78 Å². The van der Waals surface area contributed by atoms with Crippen molar-refractivity contribution in [1.82, 2.24) is 15.2 Å². The number of piperidine rings is 1. The summed E-state index contributed by atoms with van der Waals surface area (Å²) in [6.45, 7) is -0.405. The van der Waals surface area contributed by atoms with Gasteiger partial charge >= 0.3 is 6.61 Å². The van der Waals surface area contributed by atoms with Gasteiger partial charge < -0.3 is 10.1 Å². The van der Waals surface area contributed by atoms with Crippen LogP contribution < -0.4 is 10.1 Å². The number of benzene rings is 1. The molecule has 1 fully saturated rings. The van der Waals surface area contributed by atoms with E-state index >= 15 is 0 Å². The number of carbonyl (C=O) groups excluding carboxylic acids is 1. The van der Waals surface area contributed by atoms with Gasteiger partial charge in [0.05, 0.1) is 0 Å². The number of aromatic nitrogens is 1. The fourth-order valence-electron chi connectivity index (χ4n) is 3.15. The normalized spacial score (nSPS) is 17.9. The maximum absolute atomic E-state index is 12.4. The Balaban J connectivity index is 1.57. The van der Waals surface area contributed by atoms with Crippen LogP contribution in [0.3, 0.4) is 0 Å². The maximum Gasteiger partial charge on any atom is 0.387 e. The van der Waals surface area contributed by atoms with Crippen LogP contribution in [0, 0.1) is 0 Å². The van der Waals surface area contributed by atoms with Gasteiger partial charge in [-0.05, 0) is 49.2 Å². The summed E-state index contributed by atoms with van der Waals surface area (Å²) >= 11 is 0. The molecule has 0 radical (unpaired) electrons. The Morgan fingerprint density at radius 3 is 3.00 bits per heavy atom. The topological polar surface area (TPSA) is 54.5 Å². The number of ether oxygens (including phenoxy) is 1. The first-order chi connectivity index (χ1) is 12.6. The molecule has 7 heteroatoms. The van der Waals surface area contributed by atoms with Gasteiger partial charge in [0.15, 0.2) is 0 Å². The molecule has 2 heterocycles. The number of likely N-dealkylation sites (tertiary alicyclic amines) is 1. The van der Waals surface area contributed by atoms with Gasteiger partial charge in [-0.1, -0.05) is 12.1 Å². The highest BCUT2D eigenvalue weighted by atomic mass is 19.3. The number of amides is 1. The number of nitrogens with zero attached hydrogens (tertiary/aromatic N) is 2. The summed E-state index contributed by atoms with van der Waals surface area (Å²) in [5.74, 6) is -0.299. The van der Waals surface area contributed by atoms with Gasteiger partial charge in [0.2, 0.25) is 0 Å². The molecule has 1 aliphatic heterocycles. The van der Waals surface area contributed by atoms with E-state index in [9.17, 15) is 13.6 Å². The number of nitrogens with one attached hydrogen (secondary N) is 1. The fourth-order valence-corrected chi connectivity index (χ4v) is 3.15. The Kier molecular flexibility index (Phi) is 6.12. The van der Waals surface area contributed by atoms with Crippen LogP contribution in [0.5, 0.6) is 5.75 Å². The van der Waals surface area contributed by atoms with Crippen molar-refractivity contribution in [2.24, 2.45) is 0 Å². The molecule has 3 rings (SSSR count). The zero-order chi connectivity index (χ0) is 18.4. The summed E-state index contributed by atoms with van der Waals surface area (Å²) in [6, 6.07) is 9.81. The molecule has 1 amide bonds. The van der Waals surface area contributed by atoms with Crippen LogP contribution >= 0.6 is 0 Å². The molecular formula is C19H21F2N3O2. The number of carbonyl (C=O) groups is 1. The second-order valence-corrected chi connectivity index (χ2v) is 6.32. The van der Waals surface area contributed by atoms with E-state index in [0.717, 1.165) is 38.0 Å². The van der Waals surface area contributed by atoms with E-state index < -0.39 is 6.61 Å². The van der Waals surface area contributed by atoms with E-state index in [1.807, 2.05) is 18.3 Å². The molecule has 1 N–H and O–H groups in total. The third kappa shape index (κ3) is 5.23. The predicted molar refractivity (Wildman–Crippen MR) is 93.1 cm³/mol. The zero-order valence-electron chi connectivity index (χ0n) is 14.3. The molecule has 0 aliphatic carbocycles. The molecule has 0 bridgehead atoms. The van der Waals surface area contributed by atoms with Gasteiger partial charge in [-0.3, -0.25) is 14.7 Å². The number of halogens is 2. The monoisotopic (exact) mass is 361 g/mol. The van der Waals surface area contributed by atoms with Gasteiger partial charge in [-0.2, -0.15) is 8.78 Å². The molecule has 0 unspecified atom stereocenters. The van der Waals surface area contributed by atoms with Crippen LogP contribution in [0.15, 0.2) is 48.8 Å². The molecule has 1 saturated heterocycles. The highest BCUT2D eigenvalue weighted by Crippen LogP contribution is 2.17. The van der Waals surface area contributed by atoms with Crippen molar-refractivity contribution in [3.8, 4) is 5.75 Å². The molecule has 1 aromatic heterocycles. The lowest BCUT2D eigenvalue weighted by Crippen LogP contribution is -2.47. The van der Waals surface area contributed by atoms with E-state index in [0.29, 0.717) is 5.56 Å². The minimum atomic E-state index is -2.91. The first-order valence-corrected chi connectivity index (χ1v) is 8.57. The minimum Gasteiger partial charge on any atom is -0.435 e. The molecule has 26 heavy (non-hydrogen) atoms. The fraction of sp³-hybridized carbons (Fsp3) is 0.368. The third-order valence-electron chi connectivity index (χ3n) is 4.29. The number of rotatable bonds is 6. The number of hydrogen-bond donors (Lipinski definition) is 1. The van der Waals surface area contributed by atoms with Crippen molar-refractivity contribution >= 4 is 5.91 Å². The Labute approximate surface area is 151 Å². The molecule has 0 spiro atoms. The smallest absolute Gasteiger partial charge is 0.387 e. The van der Waals surface area contributed by atoms with Gasteiger partial charge in [-0.15, -0.1) is 0 Å². The van der Waals surface area contributed by atoms with Crippen molar-refractivity contribution in [3.63, 3.8) is 0 Å². The van der Waals surface area contributed by atoms with E-state index in [2.05, 4.69) is 19.9 Å². The minimum absolute atomic E-state index is 0.0190. The SMILES string of the molecule is O=C(N[C@@H]1CCCN(Cc2cccnc2)C1)c1cccc(OC(F)F)c1. The molecular weight excluding hydrogens is 340 g/mol. The van der Waals surface area contributed by atoms with Crippen molar-refractivity contribution in [2.75, 3.05) is 13.1 Å². The second kappa shape index (κ2) is 8.71. The Hall–Kier alpha value is -2.54. The Morgan fingerprint density at radius 2 is 2.23 bits per heavy atom. The third-order valence-corrected chi connectivity index (χ3v) is 4.29. The summed E-state index contributed by atoms with van der Waals surface area (Å²) in [5.41, 5.74) is 1.45. The number of alkyl halides is 2. The van der Waals surface area contributed by atoms with Crippen LogP contribution in [0.1, 0.15) is 28.8 Å². The van der Waals surface area contributed by atoms with Gasteiger partial charge in [0, 0.05) is 37.1 Å². The lowest BCUT2D eigenvalue weighted by Gasteiger charge is -2.33. The summed E-state index contributed by atoms with van der Waals surface area (Å²) in [6.07, 6.45) is 5.47. The summed E-state index contributed by atoms with van der Waals surface area (Å²) in [4.78, 5) is 18.8. The molecule has 0 saturated carbocycles. The molecule has 2 aromatic rings. The van der Waals surface area contributed by atoms with E-state index in [1.165, 1.54) is 18.2 Å². The first-order valence-electron chi connectivity index (χ1n) is 8.57. The van der Waals surface area contributed by atoms with E-state index in [4.69, 9.17) is 0 Å². The first kappa shape index (κ1) is 18.3. The molecule has 1 aromatic carbocycles. The average Bonchev–Trinajstić information content (AvgIpc) is 2.62. The van der Waals surface area contributed by atoms with E-state index in [1.54, 1.807) is 12.3 Å². The summed E-state index contributed by atoms with van der Waals surface area (Å²) in [5, 5.41) is 2.99. The van der Waals surface area contributed by atoms with Crippen molar-refractivity contribution in [2.45, 2.75) is 32.0 Å². The highest BCUT2D eigenvalue weighted by molar-refractivity contribution is 5.94. The van der Waals surface area contributed by atoms with Gasteiger partial charge in [0.25, 0.3) is 5.91 Å². The van der Waals surface area contributed by atoms with Crippen LogP contribution in [-0.2, 0) is 6.54 Å². The van der Waals surface area contributed by atoms with Crippen molar-refractivity contribution in [1.29, 1.82) is 0 Å². The van der Waals surface area contributed by atoms with Crippen molar-refractivity contribution in [3.05, 3.63) is 59.9 Å². The standard InChI is InChI=1S/C19H21F2N3O2/c20-19(21)26-17-7-1-5-15(10-17)18(25)23-16-6-3-9-24(13-16)12-14-4-2-8-22-11-14/h1-2,4-5,7-8,10-11,16,19H,3,6,9,12-13H2,(H,23,25)/t16-/m1/s1. The second-order valence-electron chi connectivity index (χ2n) is 6.32. The van der Waals surface area contributed by atoms with Gasteiger partial charge in [0.1, 0.15) is 5.75 Å². The summed E-state index contributed by atoms with van der Waals surface area (Å²) in [7, 11) is 0. The zero-order valence-corrected chi connectivity index (χ0v) is 14.3. The lowest BCUT2D eigenvalue weighted by atomic mass is 10.0. The van der Waals surface area contributed by atoms with Crippen LogP contribution in [0.25, 0.3) is 0 Å². The van der Waals surface area contributed by atoms with Crippen LogP contribution in [0.2, 0.25) is 0 Å².